The Balaban J connectivity index is 1.42. The topological polar surface area (TPSA) is 179 Å². The number of carbonyl (C=O) groups excluding carboxylic acids is 4. The van der Waals surface area contributed by atoms with Gasteiger partial charge in [-0.1, -0.05) is 30.6 Å². The molecule has 0 aromatic heterocycles. The second-order valence-electron chi connectivity index (χ2n) is 12.5. The van der Waals surface area contributed by atoms with Crippen LogP contribution in [0.4, 0.5) is 0 Å². The zero-order valence-corrected chi connectivity index (χ0v) is 25.4. The van der Waals surface area contributed by atoms with E-state index >= 15 is 0 Å². The molecule has 1 saturated carbocycles. The summed E-state index contributed by atoms with van der Waals surface area (Å²) < 4.78 is 5.36. The van der Waals surface area contributed by atoms with E-state index in [1.54, 1.807) is 12.1 Å². The quantitative estimate of drug-likeness (QED) is 0.158. The second-order valence-corrected chi connectivity index (χ2v) is 12.5. The highest BCUT2D eigenvalue weighted by Crippen LogP contribution is 2.58. The number of aromatic hydroxyl groups is 1. The summed E-state index contributed by atoms with van der Waals surface area (Å²) in [5, 5.41) is 28.1. The van der Waals surface area contributed by atoms with Crippen molar-refractivity contribution in [2.75, 3.05) is 20.2 Å². The highest BCUT2D eigenvalue weighted by Gasteiger charge is 2.61. The standard InChI is InChI=1S/C33H40N2O10/c1-45-24-16-18(10-13-23(24)36)27-19-11-12-20-28(32(43)34(30(20)41)14-6-2-4-8-25(37)38)21(19)17-22-29(27)33(44)35(31(22)42)15-7-3-5-9-26(39)40/h10-11,13,16,20-22,27-29,36H,2-9,12,14-15,17H2,1H3,(H,37,38)(H,39,40)/t20-,21+,22+,27-,28-,29+/m0/s1. The number of carbonyl (C=O) groups is 6. The third-order valence-electron chi connectivity index (χ3n) is 9.94. The maximum atomic E-state index is 13.9. The van der Waals surface area contributed by atoms with Crippen LogP contribution in [0.5, 0.6) is 11.5 Å². The van der Waals surface area contributed by atoms with Crippen molar-refractivity contribution in [3.63, 3.8) is 0 Å². The number of allylic oxidation sites excluding steroid dienone is 2. The summed E-state index contributed by atoms with van der Waals surface area (Å²) in [6, 6.07) is 4.84. The summed E-state index contributed by atoms with van der Waals surface area (Å²) in [4.78, 5) is 79.4. The largest absolute Gasteiger partial charge is 0.504 e. The molecule has 5 rings (SSSR count). The van der Waals surface area contributed by atoms with E-state index in [4.69, 9.17) is 14.9 Å². The van der Waals surface area contributed by atoms with E-state index in [-0.39, 0.29) is 67.5 Å². The van der Waals surface area contributed by atoms with E-state index < -0.39 is 47.4 Å². The van der Waals surface area contributed by atoms with Gasteiger partial charge in [0, 0.05) is 31.8 Å². The van der Waals surface area contributed by atoms with E-state index in [0.29, 0.717) is 50.5 Å². The number of nitrogens with zero attached hydrogens (tertiary/aromatic N) is 2. The van der Waals surface area contributed by atoms with E-state index in [9.17, 15) is 33.9 Å². The van der Waals surface area contributed by atoms with Gasteiger partial charge in [-0.3, -0.25) is 38.6 Å². The Morgan fingerprint density at radius 1 is 0.778 bits per heavy atom. The van der Waals surface area contributed by atoms with Gasteiger partial charge in [0.1, 0.15) is 0 Å². The minimum absolute atomic E-state index is 0.0163. The molecule has 1 aromatic carbocycles. The maximum Gasteiger partial charge on any atom is 0.303 e. The van der Waals surface area contributed by atoms with Gasteiger partial charge < -0.3 is 20.1 Å². The number of imide groups is 2. The van der Waals surface area contributed by atoms with Gasteiger partial charge in [0.05, 0.1) is 30.8 Å². The average molecular weight is 625 g/mol. The lowest BCUT2D eigenvalue weighted by molar-refractivity contribution is -0.142. The summed E-state index contributed by atoms with van der Waals surface area (Å²) in [6.45, 7) is 0.392. The number of amides is 4. The van der Waals surface area contributed by atoms with Crippen molar-refractivity contribution >= 4 is 35.6 Å². The molecular formula is C33H40N2O10. The molecule has 2 saturated heterocycles. The Kier molecular flexibility index (Phi) is 9.59. The van der Waals surface area contributed by atoms with E-state index in [1.165, 1.54) is 23.0 Å². The first-order valence-corrected chi connectivity index (χ1v) is 15.8. The summed E-state index contributed by atoms with van der Waals surface area (Å²) in [7, 11) is 1.42. The number of benzene rings is 1. The van der Waals surface area contributed by atoms with Crippen molar-refractivity contribution in [2.45, 2.75) is 70.1 Å². The number of rotatable bonds is 14. The van der Waals surface area contributed by atoms with Crippen LogP contribution in [-0.4, -0.2) is 80.9 Å². The van der Waals surface area contributed by atoms with Crippen LogP contribution in [0, 0.1) is 29.6 Å². The van der Waals surface area contributed by atoms with Gasteiger partial charge in [-0.25, -0.2) is 0 Å². The first kappa shape index (κ1) is 32.2. The van der Waals surface area contributed by atoms with Gasteiger partial charge in [-0.15, -0.1) is 0 Å². The number of methoxy groups -OCH3 is 1. The summed E-state index contributed by atoms with van der Waals surface area (Å²) in [6.07, 6.45) is 5.60. The molecule has 12 heteroatoms. The number of hydrogen-bond acceptors (Lipinski definition) is 8. The molecule has 2 aliphatic heterocycles. The van der Waals surface area contributed by atoms with Crippen molar-refractivity contribution in [1.29, 1.82) is 0 Å². The molecule has 0 spiro atoms. The molecule has 0 radical (unpaired) electrons. The molecule has 2 heterocycles. The fourth-order valence-electron chi connectivity index (χ4n) is 7.87. The number of phenols is 1. The van der Waals surface area contributed by atoms with E-state index in [1.807, 2.05) is 6.08 Å². The number of phenolic OH excluding ortho intramolecular Hbond substituents is 1. The lowest BCUT2D eigenvalue weighted by Crippen LogP contribution is -2.43. The smallest absolute Gasteiger partial charge is 0.303 e. The van der Waals surface area contributed by atoms with Crippen molar-refractivity contribution < 1.29 is 48.8 Å². The van der Waals surface area contributed by atoms with Crippen LogP contribution < -0.4 is 4.74 Å². The number of fused-ring (bicyclic) bond motifs is 4. The summed E-state index contributed by atoms with van der Waals surface area (Å²) >= 11 is 0. The van der Waals surface area contributed by atoms with Crippen molar-refractivity contribution in [3.05, 3.63) is 35.4 Å². The van der Waals surface area contributed by atoms with Gasteiger partial charge in [-0.2, -0.15) is 0 Å². The van der Waals surface area contributed by atoms with Gasteiger partial charge in [0.2, 0.25) is 23.6 Å². The Bertz CT molecular complexity index is 1420. The Hall–Kier alpha value is -4.22. The van der Waals surface area contributed by atoms with Crippen molar-refractivity contribution in [1.82, 2.24) is 9.80 Å². The number of likely N-dealkylation sites (tertiary alicyclic amines) is 2. The molecule has 0 bridgehead atoms. The van der Waals surface area contributed by atoms with Crippen LogP contribution in [-0.2, 0) is 28.8 Å². The number of unbranched alkanes of at least 4 members (excludes halogenated alkanes) is 4. The average Bonchev–Trinajstić information content (AvgIpc) is 3.39. The van der Waals surface area contributed by atoms with Gasteiger partial charge >= 0.3 is 11.9 Å². The van der Waals surface area contributed by atoms with Crippen LogP contribution in [0.2, 0.25) is 0 Å². The number of aliphatic carboxylic acids is 2. The Morgan fingerprint density at radius 2 is 1.36 bits per heavy atom. The predicted molar refractivity (Wildman–Crippen MR) is 158 cm³/mol. The molecular weight excluding hydrogens is 584 g/mol. The molecule has 3 N–H and O–H groups in total. The predicted octanol–water partition coefficient (Wildman–Crippen LogP) is 3.33. The molecule has 242 valence electrons. The molecule has 6 atom stereocenters. The van der Waals surface area contributed by atoms with Crippen LogP contribution >= 0.6 is 0 Å². The van der Waals surface area contributed by atoms with Crippen LogP contribution in [0.3, 0.4) is 0 Å². The zero-order chi connectivity index (χ0) is 32.4. The van der Waals surface area contributed by atoms with Crippen molar-refractivity contribution in [3.8, 4) is 11.5 Å². The van der Waals surface area contributed by atoms with Crippen LogP contribution in [0.25, 0.3) is 0 Å². The fourth-order valence-corrected chi connectivity index (χ4v) is 7.87. The SMILES string of the molecule is COc1cc([C@H]2C3=CC[C@@H]4C(=O)N(CCCCCC(=O)O)C(=O)[C@@H]4[C@@H]3C[C@H]3C(=O)N(CCCCCC(=O)O)C(=O)[C@@H]23)ccc1O. The van der Waals surface area contributed by atoms with Gasteiger partial charge in [0.15, 0.2) is 11.5 Å². The molecule has 3 fully saturated rings. The highest BCUT2D eigenvalue weighted by atomic mass is 16.5. The third-order valence-corrected chi connectivity index (χ3v) is 9.94. The maximum absolute atomic E-state index is 13.9. The second kappa shape index (κ2) is 13.4. The zero-order valence-electron chi connectivity index (χ0n) is 25.4. The van der Waals surface area contributed by atoms with Gasteiger partial charge in [-0.05, 0) is 62.1 Å². The molecule has 4 aliphatic rings. The lowest BCUT2D eigenvalue weighted by Gasteiger charge is -2.44. The van der Waals surface area contributed by atoms with Crippen molar-refractivity contribution in [2.24, 2.45) is 29.6 Å². The number of ether oxygens (including phenoxy) is 1. The van der Waals surface area contributed by atoms with Gasteiger partial charge in [0.25, 0.3) is 0 Å². The monoisotopic (exact) mass is 624 g/mol. The minimum atomic E-state index is -0.896. The number of hydrogen-bond donors (Lipinski definition) is 3. The lowest BCUT2D eigenvalue weighted by atomic mass is 9.57. The molecule has 2 aliphatic carbocycles. The number of carboxylic acids is 2. The molecule has 45 heavy (non-hydrogen) atoms. The minimum Gasteiger partial charge on any atom is -0.504 e. The first-order chi connectivity index (χ1) is 21.5. The van der Waals surface area contributed by atoms with E-state index in [2.05, 4.69) is 0 Å². The molecule has 4 amide bonds. The third kappa shape index (κ3) is 6.19. The normalized spacial score (nSPS) is 27.3. The first-order valence-electron chi connectivity index (χ1n) is 15.8. The summed E-state index contributed by atoms with van der Waals surface area (Å²) in [5.74, 6) is -6.44. The molecule has 0 unspecified atom stereocenters. The highest BCUT2D eigenvalue weighted by molar-refractivity contribution is 6.08. The number of carboxylic acid groups (broad SMARTS) is 2. The van der Waals surface area contributed by atoms with Crippen LogP contribution in [0.1, 0.15) is 75.7 Å². The fraction of sp³-hybridized carbons (Fsp3) is 0.576. The Morgan fingerprint density at radius 3 is 1.93 bits per heavy atom. The summed E-state index contributed by atoms with van der Waals surface area (Å²) in [5.41, 5.74) is 1.52. The molecule has 12 nitrogen and oxygen atoms in total. The van der Waals surface area contributed by atoms with Crippen LogP contribution in [0.15, 0.2) is 29.8 Å². The molecule has 1 aromatic rings. The Labute approximate surface area is 261 Å². The van der Waals surface area contributed by atoms with E-state index in [0.717, 1.165) is 5.57 Å².